The maximum absolute atomic E-state index is 12.7. The third-order valence-corrected chi connectivity index (χ3v) is 5.57. The van der Waals surface area contributed by atoms with Gasteiger partial charge in [0.2, 0.25) is 0 Å². The third-order valence-electron chi connectivity index (χ3n) is 5.57. The van der Waals surface area contributed by atoms with E-state index < -0.39 is 11.7 Å². The van der Waals surface area contributed by atoms with Crippen LogP contribution >= 0.6 is 0 Å². The molecule has 0 bridgehead atoms. The first kappa shape index (κ1) is 20.4. The number of halogens is 3. The fourth-order valence-electron chi connectivity index (χ4n) is 3.81. The number of alkyl halides is 3. The van der Waals surface area contributed by atoms with E-state index in [0.29, 0.717) is 26.2 Å². The molecular weight excluding hydrogens is 393 g/mol. The van der Waals surface area contributed by atoms with Gasteiger partial charge < -0.3 is 9.30 Å². The van der Waals surface area contributed by atoms with Crippen LogP contribution in [0.25, 0.3) is 5.65 Å². The molecule has 0 unspecified atom stereocenters. The van der Waals surface area contributed by atoms with Gasteiger partial charge in [0.25, 0.3) is 5.91 Å². The summed E-state index contributed by atoms with van der Waals surface area (Å²) in [7, 11) is 0. The summed E-state index contributed by atoms with van der Waals surface area (Å²) in [6.07, 6.45) is -2.37. The first-order valence-corrected chi connectivity index (χ1v) is 9.85. The molecule has 3 heterocycles. The van der Waals surface area contributed by atoms with Gasteiger partial charge in [-0.1, -0.05) is 0 Å². The lowest BCUT2D eigenvalue weighted by molar-refractivity contribution is -0.137. The van der Waals surface area contributed by atoms with Crippen LogP contribution in [-0.4, -0.2) is 51.3 Å². The molecule has 158 valence electrons. The number of hydrogen-bond acceptors (Lipinski definition) is 3. The van der Waals surface area contributed by atoms with Crippen molar-refractivity contribution in [2.75, 3.05) is 26.2 Å². The number of hydrogen-bond donors (Lipinski definition) is 0. The molecule has 0 atom stereocenters. The zero-order valence-electron chi connectivity index (χ0n) is 16.9. The highest BCUT2D eigenvalue weighted by Crippen LogP contribution is 2.29. The molecule has 1 aliphatic heterocycles. The lowest BCUT2D eigenvalue weighted by Gasteiger charge is -2.34. The summed E-state index contributed by atoms with van der Waals surface area (Å²) >= 11 is 0. The Kier molecular flexibility index (Phi) is 5.27. The molecule has 30 heavy (non-hydrogen) atoms. The summed E-state index contributed by atoms with van der Waals surface area (Å²) in [5, 5.41) is 0. The monoisotopic (exact) mass is 416 g/mol. The number of piperazine rings is 1. The summed E-state index contributed by atoms with van der Waals surface area (Å²) in [4.78, 5) is 21.3. The highest BCUT2D eigenvalue weighted by atomic mass is 19.4. The lowest BCUT2D eigenvalue weighted by Crippen LogP contribution is -2.48. The molecule has 0 aliphatic carbocycles. The Labute approximate surface area is 172 Å². The van der Waals surface area contributed by atoms with Crippen LogP contribution in [0.3, 0.4) is 0 Å². The Balaban J connectivity index is 1.39. The number of pyridine rings is 1. The molecular formula is C22H23F3N4O. The van der Waals surface area contributed by atoms with E-state index in [0.717, 1.165) is 41.3 Å². The minimum Gasteiger partial charge on any atom is -0.336 e. The van der Waals surface area contributed by atoms with Gasteiger partial charge in [-0.15, -0.1) is 0 Å². The molecule has 8 heteroatoms. The summed E-state index contributed by atoms with van der Waals surface area (Å²) in [5.74, 6) is -0.232. The highest BCUT2D eigenvalue weighted by Gasteiger charge is 2.31. The van der Waals surface area contributed by atoms with Gasteiger partial charge in [0.1, 0.15) is 5.65 Å². The fraction of sp³-hybridized carbons (Fsp3) is 0.364. The van der Waals surface area contributed by atoms with Gasteiger partial charge >= 0.3 is 6.18 Å². The second kappa shape index (κ2) is 7.75. The number of amides is 1. The smallest absolute Gasteiger partial charge is 0.336 e. The van der Waals surface area contributed by atoms with Crippen molar-refractivity contribution in [3.05, 3.63) is 70.7 Å². The molecule has 1 saturated heterocycles. The van der Waals surface area contributed by atoms with E-state index in [1.807, 2.05) is 20.0 Å². The van der Waals surface area contributed by atoms with Crippen molar-refractivity contribution in [3.8, 4) is 0 Å². The number of imidazole rings is 1. The summed E-state index contributed by atoms with van der Waals surface area (Å²) in [6.45, 7) is 7.25. The van der Waals surface area contributed by atoms with Gasteiger partial charge in [0.05, 0.1) is 17.0 Å². The standard InChI is InChI=1S/C22H23F3N4O/c1-15-7-8-29-19(16(2)26-20(29)13-15)14-27-9-11-28(12-10-27)21(30)17-3-5-18(6-4-17)22(23,24)25/h3-8,13H,9-12,14H2,1-2H3. The van der Waals surface area contributed by atoms with Crippen LogP contribution in [0.1, 0.15) is 32.9 Å². The Morgan fingerprint density at radius 1 is 1.03 bits per heavy atom. The molecule has 1 amide bonds. The normalized spacial score (nSPS) is 15.7. The SMILES string of the molecule is Cc1ccn2c(CN3CCN(C(=O)c4ccc(C(F)(F)F)cc4)CC3)c(C)nc2c1. The second-order valence-corrected chi connectivity index (χ2v) is 7.72. The van der Waals surface area contributed by atoms with Crippen molar-refractivity contribution < 1.29 is 18.0 Å². The number of carbonyl (C=O) groups is 1. The molecule has 0 radical (unpaired) electrons. The average molecular weight is 416 g/mol. The zero-order chi connectivity index (χ0) is 21.5. The van der Waals surface area contributed by atoms with E-state index in [2.05, 4.69) is 26.4 Å². The van der Waals surface area contributed by atoms with E-state index in [9.17, 15) is 18.0 Å². The topological polar surface area (TPSA) is 40.9 Å². The van der Waals surface area contributed by atoms with Crippen molar-refractivity contribution >= 4 is 11.6 Å². The van der Waals surface area contributed by atoms with Crippen LogP contribution in [0, 0.1) is 13.8 Å². The first-order chi connectivity index (χ1) is 14.2. The van der Waals surface area contributed by atoms with Crippen LogP contribution in [0.15, 0.2) is 42.6 Å². The van der Waals surface area contributed by atoms with Gasteiger partial charge in [-0.3, -0.25) is 9.69 Å². The van der Waals surface area contributed by atoms with Crippen molar-refractivity contribution in [2.45, 2.75) is 26.6 Å². The molecule has 2 aromatic heterocycles. The molecule has 4 rings (SSSR count). The van der Waals surface area contributed by atoms with Crippen molar-refractivity contribution in [1.82, 2.24) is 19.2 Å². The Bertz CT molecular complexity index is 1060. The second-order valence-electron chi connectivity index (χ2n) is 7.72. The van der Waals surface area contributed by atoms with Gasteiger partial charge in [0, 0.05) is 44.5 Å². The highest BCUT2D eigenvalue weighted by molar-refractivity contribution is 5.94. The van der Waals surface area contributed by atoms with Gasteiger partial charge in [-0.2, -0.15) is 13.2 Å². The molecule has 1 aliphatic rings. The van der Waals surface area contributed by atoms with Crippen LogP contribution < -0.4 is 0 Å². The van der Waals surface area contributed by atoms with E-state index in [1.54, 1.807) is 4.90 Å². The molecule has 0 spiro atoms. The van der Waals surface area contributed by atoms with E-state index in [4.69, 9.17) is 0 Å². The molecule has 1 aromatic carbocycles. The van der Waals surface area contributed by atoms with Gasteiger partial charge in [-0.25, -0.2) is 4.98 Å². The predicted octanol–water partition coefficient (Wildman–Crippen LogP) is 3.93. The van der Waals surface area contributed by atoms with Gasteiger partial charge in [-0.05, 0) is 55.8 Å². The van der Waals surface area contributed by atoms with E-state index in [1.165, 1.54) is 12.1 Å². The minimum absolute atomic E-state index is 0.232. The van der Waals surface area contributed by atoms with Crippen LogP contribution in [0.2, 0.25) is 0 Å². The van der Waals surface area contributed by atoms with Gasteiger partial charge in [0.15, 0.2) is 0 Å². The molecule has 1 fully saturated rings. The van der Waals surface area contributed by atoms with Crippen molar-refractivity contribution in [2.24, 2.45) is 0 Å². The minimum atomic E-state index is -4.40. The number of fused-ring (bicyclic) bond motifs is 1. The molecule has 5 nitrogen and oxygen atoms in total. The number of aromatic nitrogens is 2. The average Bonchev–Trinajstić information content (AvgIpc) is 3.01. The Hall–Kier alpha value is -2.87. The van der Waals surface area contributed by atoms with Crippen LogP contribution in [-0.2, 0) is 12.7 Å². The summed E-state index contributed by atoms with van der Waals surface area (Å²) in [6, 6.07) is 8.52. The Morgan fingerprint density at radius 3 is 2.33 bits per heavy atom. The zero-order valence-corrected chi connectivity index (χ0v) is 16.9. The fourth-order valence-corrected chi connectivity index (χ4v) is 3.81. The third kappa shape index (κ3) is 4.05. The van der Waals surface area contributed by atoms with Crippen molar-refractivity contribution in [3.63, 3.8) is 0 Å². The predicted molar refractivity (Wildman–Crippen MR) is 107 cm³/mol. The number of rotatable bonds is 3. The summed E-state index contributed by atoms with van der Waals surface area (Å²) < 4.78 is 40.2. The quantitative estimate of drug-likeness (QED) is 0.650. The Morgan fingerprint density at radius 2 is 1.70 bits per heavy atom. The molecule has 3 aromatic rings. The summed E-state index contributed by atoms with van der Waals surface area (Å²) in [5.41, 5.74) is 3.75. The number of benzene rings is 1. The molecule has 0 saturated carbocycles. The maximum atomic E-state index is 12.7. The number of carbonyl (C=O) groups excluding carboxylic acids is 1. The number of aryl methyl sites for hydroxylation is 2. The van der Waals surface area contributed by atoms with Crippen molar-refractivity contribution in [1.29, 1.82) is 0 Å². The maximum Gasteiger partial charge on any atom is 0.416 e. The van der Waals surface area contributed by atoms with Crippen LogP contribution in [0.5, 0.6) is 0 Å². The van der Waals surface area contributed by atoms with E-state index >= 15 is 0 Å². The van der Waals surface area contributed by atoms with Crippen LogP contribution in [0.4, 0.5) is 13.2 Å². The largest absolute Gasteiger partial charge is 0.416 e. The lowest BCUT2D eigenvalue weighted by atomic mass is 10.1. The first-order valence-electron chi connectivity index (χ1n) is 9.85. The molecule has 0 N–H and O–H groups in total. The van der Waals surface area contributed by atoms with E-state index in [-0.39, 0.29) is 11.5 Å². The number of nitrogens with zero attached hydrogens (tertiary/aromatic N) is 4.